The van der Waals surface area contributed by atoms with E-state index in [2.05, 4.69) is 5.32 Å². The van der Waals surface area contributed by atoms with E-state index in [9.17, 15) is 0 Å². The molecule has 1 aliphatic rings. The average Bonchev–Trinajstić information content (AvgIpc) is 2.50. The van der Waals surface area contributed by atoms with Gasteiger partial charge in [0.15, 0.2) is 0 Å². The lowest BCUT2D eigenvalue weighted by atomic mass is 10.8. The molecule has 0 unspecified atom stereocenters. The minimum Gasteiger partial charge on any atom is -0.462 e. The number of hydrogen-bond acceptors (Lipinski definition) is 2. The number of rotatable bonds is 1. The van der Waals surface area contributed by atoms with Crippen LogP contribution in [-0.2, 0) is 4.74 Å². The maximum absolute atomic E-state index is 6.97. The van der Waals surface area contributed by atoms with Crippen molar-refractivity contribution in [3.05, 3.63) is 0 Å². The van der Waals surface area contributed by atoms with Gasteiger partial charge in [-0.25, -0.2) is 0 Å². The van der Waals surface area contributed by atoms with E-state index in [0.717, 1.165) is 12.8 Å². The smallest absolute Gasteiger partial charge is 0.281 e. The second kappa shape index (κ2) is 2.03. The molecule has 0 radical (unpaired) electrons. The first-order valence-corrected chi connectivity index (χ1v) is 2.76. The molecule has 46 valence electrons. The van der Waals surface area contributed by atoms with Gasteiger partial charge < -0.3 is 10.1 Å². The van der Waals surface area contributed by atoms with E-state index < -0.39 is 0 Å². The molecule has 0 heterocycles. The van der Waals surface area contributed by atoms with Crippen molar-refractivity contribution in [3.63, 3.8) is 0 Å². The quantitative estimate of drug-likeness (QED) is 0.381. The third-order valence-electron chi connectivity index (χ3n) is 1.04. The van der Waals surface area contributed by atoms with Crippen molar-refractivity contribution in [1.29, 1.82) is 5.41 Å². The third-order valence-corrected chi connectivity index (χ3v) is 1.04. The Morgan fingerprint density at radius 3 is 2.75 bits per heavy atom. The predicted octanol–water partition coefficient (Wildman–Crippen LogP) is 0.320. The standard InChI is InChI=1S/C5H10N2O/c1-7-5(6)8-4-2-3-4/h4H,2-3H2,1H3,(H2,6,7). The summed E-state index contributed by atoms with van der Waals surface area (Å²) in [6, 6.07) is 0.188. The number of nitrogens with one attached hydrogen (secondary N) is 2. The highest BCUT2D eigenvalue weighted by atomic mass is 16.5. The van der Waals surface area contributed by atoms with Crippen LogP contribution in [0.25, 0.3) is 0 Å². The van der Waals surface area contributed by atoms with E-state index in [1.807, 2.05) is 0 Å². The van der Waals surface area contributed by atoms with Crippen molar-refractivity contribution in [2.45, 2.75) is 18.9 Å². The number of amidine groups is 1. The summed E-state index contributed by atoms with van der Waals surface area (Å²) in [4.78, 5) is 0. The fourth-order valence-electron chi connectivity index (χ4n) is 0.411. The molecule has 0 aromatic heterocycles. The minimum atomic E-state index is 0.188. The zero-order chi connectivity index (χ0) is 5.98. The van der Waals surface area contributed by atoms with Crippen molar-refractivity contribution < 1.29 is 4.74 Å². The van der Waals surface area contributed by atoms with Crippen molar-refractivity contribution in [3.8, 4) is 0 Å². The van der Waals surface area contributed by atoms with Crippen LogP contribution in [0.5, 0.6) is 0 Å². The lowest BCUT2D eigenvalue weighted by molar-refractivity contribution is 0.274. The summed E-state index contributed by atoms with van der Waals surface area (Å²) in [5.41, 5.74) is 0. The Morgan fingerprint density at radius 1 is 1.75 bits per heavy atom. The Labute approximate surface area is 48.5 Å². The molecule has 1 saturated carbocycles. The van der Waals surface area contributed by atoms with Gasteiger partial charge in [0.25, 0.3) is 6.02 Å². The molecule has 0 atom stereocenters. The molecule has 0 saturated heterocycles. The van der Waals surface area contributed by atoms with Gasteiger partial charge in [-0.3, -0.25) is 5.41 Å². The van der Waals surface area contributed by atoms with E-state index in [-0.39, 0.29) is 6.02 Å². The molecule has 3 heteroatoms. The van der Waals surface area contributed by atoms with Gasteiger partial charge in [0, 0.05) is 7.05 Å². The van der Waals surface area contributed by atoms with Crippen LogP contribution in [0.4, 0.5) is 0 Å². The number of hydrogen-bond donors (Lipinski definition) is 2. The van der Waals surface area contributed by atoms with Gasteiger partial charge >= 0.3 is 0 Å². The largest absolute Gasteiger partial charge is 0.462 e. The molecule has 3 nitrogen and oxygen atoms in total. The number of ether oxygens (including phenoxy) is 1. The van der Waals surface area contributed by atoms with Gasteiger partial charge in [0.1, 0.15) is 6.10 Å². The fourth-order valence-corrected chi connectivity index (χ4v) is 0.411. The van der Waals surface area contributed by atoms with Crippen LogP contribution in [0.3, 0.4) is 0 Å². The Morgan fingerprint density at radius 2 is 2.38 bits per heavy atom. The van der Waals surface area contributed by atoms with Crippen LogP contribution in [0.2, 0.25) is 0 Å². The molecule has 1 rings (SSSR count). The van der Waals surface area contributed by atoms with Crippen LogP contribution in [-0.4, -0.2) is 19.2 Å². The van der Waals surface area contributed by atoms with E-state index >= 15 is 0 Å². The lowest BCUT2D eigenvalue weighted by Crippen LogP contribution is -2.20. The van der Waals surface area contributed by atoms with Crippen LogP contribution in [0.1, 0.15) is 12.8 Å². The molecule has 8 heavy (non-hydrogen) atoms. The van der Waals surface area contributed by atoms with Crippen LogP contribution < -0.4 is 5.32 Å². The molecule has 0 aromatic carbocycles. The first kappa shape index (κ1) is 5.41. The van der Waals surface area contributed by atoms with Crippen molar-refractivity contribution >= 4 is 6.02 Å². The van der Waals surface area contributed by atoms with Gasteiger partial charge in [-0.15, -0.1) is 0 Å². The normalized spacial score (nSPS) is 17.6. The molecule has 0 amide bonds. The highest BCUT2D eigenvalue weighted by Crippen LogP contribution is 2.22. The van der Waals surface area contributed by atoms with E-state index in [0.29, 0.717) is 6.10 Å². The summed E-state index contributed by atoms with van der Waals surface area (Å²) in [6.45, 7) is 0. The van der Waals surface area contributed by atoms with Gasteiger partial charge in [-0.2, -0.15) is 0 Å². The molecule has 0 bridgehead atoms. The highest BCUT2D eigenvalue weighted by Gasteiger charge is 2.23. The molecular formula is C5H10N2O. The average molecular weight is 114 g/mol. The Kier molecular flexibility index (Phi) is 1.37. The summed E-state index contributed by atoms with van der Waals surface area (Å²) < 4.78 is 4.98. The van der Waals surface area contributed by atoms with E-state index in [4.69, 9.17) is 10.1 Å². The SMILES string of the molecule is CNC(=N)OC1CC1. The third kappa shape index (κ3) is 1.40. The summed E-state index contributed by atoms with van der Waals surface area (Å²) in [5.74, 6) is 0. The summed E-state index contributed by atoms with van der Waals surface area (Å²) in [7, 11) is 1.69. The van der Waals surface area contributed by atoms with E-state index in [1.54, 1.807) is 7.05 Å². The molecule has 1 aliphatic carbocycles. The molecule has 1 fully saturated rings. The predicted molar refractivity (Wildman–Crippen MR) is 30.9 cm³/mol. The Bertz CT molecular complexity index is 98.6. The summed E-state index contributed by atoms with van der Waals surface area (Å²) in [5, 5.41) is 9.57. The summed E-state index contributed by atoms with van der Waals surface area (Å²) >= 11 is 0. The molecule has 0 aliphatic heterocycles. The molecule has 0 aromatic rings. The first-order valence-electron chi connectivity index (χ1n) is 2.76. The maximum Gasteiger partial charge on any atom is 0.281 e. The van der Waals surface area contributed by atoms with Crippen LogP contribution in [0, 0.1) is 5.41 Å². The van der Waals surface area contributed by atoms with Crippen LogP contribution >= 0.6 is 0 Å². The minimum absolute atomic E-state index is 0.188. The zero-order valence-corrected chi connectivity index (χ0v) is 4.90. The van der Waals surface area contributed by atoms with Gasteiger partial charge in [0.05, 0.1) is 0 Å². The molecule has 2 N–H and O–H groups in total. The zero-order valence-electron chi connectivity index (χ0n) is 4.90. The maximum atomic E-state index is 6.97. The Balaban J connectivity index is 2.07. The topological polar surface area (TPSA) is 45.1 Å². The monoisotopic (exact) mass is 114 g/mol. The highest BCUT2D eigenvalue weighted by molar-refractivity contribution is 5.69. The van der Waals surface area contributed by atoms with Crippen molar-refractivity contribution in [1.82, 2.24) is 5.32 Å². The molecular weight excluding hydrogens is 104 g/mol. The summed E-state index contributed by atoms with van der Waals surface area (Å²) in [6.07, 6.45) is 2.57. The van der Waals surface area contributed by atoms with Crippen molar-refractivity contribution in [2.24, 2.45) is 0 Å². The van der Waals surface area contributed by atoms with Gasteiger partial charge in [-0.05, 0) is 12.8 Å². The van der Waals surface area contributed by atoms with E-state index in [1.165, 1.54) is 0 Å². The van der Waals surface area contributed by atoms with Gasteiger partial charge in [0.2, 0.25) is 0 Å². The first-order chi connectivity index (χ1) is 3.83. The van der Waals surface area contributed by atoms with Gasteiger partial charge in [-0.1, -0.05) is 0 Å². The lowest BCUT2D eigenvalue weighted by Gasteiger charge is -2.01. The molecule has 0 spiro atoms. The fraction of sp³-hybridized carbons (Fsp3) is 0.800. The van der Waals surface area contributed by atoms with Crippen molar-refractivity contribution in [2.75, 3.05) is 7.05 Å². The second-order valence-electron chi connectivity index (χ2n) is 1.90. The second-order valence-corrected chi connectivity index (χ2v) is 1.90. The Hall–Kier alpha value is -0.730. The van der Waals surface area contributed by atoms with Crippen LogP contribution in [0.15, 0.2) is 0 Å².